The van der Waals surface area contributed by atoms with Crippen molar-refractivity contribution in [2.45, 2.75) is 0 Å². The fourth-order valence-electron chi connectivity index (χ4n) is 8.84. The maximum Gasteiger partial charge on any atom is 0.164 e. The predicted molar refractivity (Wildman–Crippen MR) is 227 cm³/mol. The van der Waals surface area contributed by atoms with Gasteiger partial charge in [0.25, 0.3) is 0 Å². The summed E-state index contributed by atoms with van der Waals surface area (Å²) in [7, 11) is 0. The lowest BCUT2D eigenvalue weighted by molar-refractivity contribution is 1.07. The van der Waals surface area contributed by atoms with E-state index in [-0.39, 0.29) is 0 Å². The molecule has 254 valence electrons. The molecule has 2 heterocycles. The molecule has 4 heteroatoms. The molecule has 0 spiro atoms. The number of hydrogen-bond donors (Lipinski definition) is 0. The summed E-state index contributed by atoms with van der Waals surface area (Å²) >= 11 is 0. The van der Waals surface area contributed by atoms with Crippen molar-refractivity contribution >= 4 is 54.1 Å². The normalized spacial score (nSPS) is 12.0. The fraction of sp³-hybridized carbons (Fsp3) is 0. The summed E-state index contributed by atoms with van der Waals surface area (Å²) in [4.78, 5) is 15.1. The van der Waals surface area contributed by atoms with Crippen LogP contribution in [0.5, 0.6) is 0 Å². The van der Waals surface area contributed by atoms with Gasteiger partial charge in [-0.3, -0.25) is 0 Å². The minimum Gasteiger partial charge on any atom is -0.309 e. The minimum atomic E-state index is 0.639. The third-order valence-electron chi connectivity index (χ3n) is 11.3. The van der Waals surface area contributed by atoms with E-state index in [1.807, 2.05) is 18.2 Å². The van der Waals surface area contributed by atoms with E-state index >= 15 is 0 Å². The predicted octanol–water partition coefficient (Wildman–Crippen LogP) is 13.1. The smallest absolute Gasteiger partial charge is 0.164 e. The molecule has 4 nitrogen and oxygen atoms in total. The zero-order valence-corrected chi connectivity index (χ0v) is 29.6. The molecule has 2 aromatic heterocycles. The zero-order valence-electron chi connectivity index (χ0n) is 29.6. The highest BCUT2D eigenvalue weighted by molar-refractivity contribution is 6.34. The Kier molecular flexibility index (Phi) is 6.31. The van der Waals surface area contributed by atoms with Crippen molar-refractivity contribution in [2.75, 3.05) is 0 Å². The summed E-state index contributed by atoms with van der Waals surface area (Å²) in [6, 6.07) is 65.1. The Balaban J connectivity index is 1.09. The minimum absolute atomic E-state index is 0.639. The van der Waals surface area contributed by atoms with Gasteiger partial charge in [0.2, 0.25) is 0 Å². The first-order chi connectivity index (χ1) is 27.3. The molecule has 0 unspecified atom stereocenters. The van der Waals surface area contributed by atoms with Gasteiger partial charge in [0.1, 0.15) is 0 Å². The van der Waals surface area contributed by atoms with E-state index in [0.29, 0.717) is 17.5 Å². The highest BCUT2D eigenvalue weighted by atomic mass is 15.0. The summed E-state index contributed by atoms with van der Waals surface area (Å²) in [5.74, 6) is 1.94. The van der Waals surface area contributed by atoms with Crippen LogP contribution in [-0.4, -0.2) is 19.5 Å². The van der Waals surface area contributed by atoms with E-state index in [0.717, 1.165) is 27.8 Å². The van der Waals surface area contributed by atoms with Crippen LogP contribution in [0.1, 0.15) is 0 Å². The summed E-state index contributed by atoms with van der Waals surface area (Å²) in [6.45, 7) is 0. The lowest BCUT2D eigenvalue weighted by Crippen LogP contribution is -2.01. The topological polar surface area (TPSA) is 43.6 Å². The van der Waals surface area contributed by atoms with Crippen LogP contribution in [0.25, 0.3) is 116 Å². The monoisotopic (exact) mass is 698 g/mol. The van der Waals surface area contributed by atoms with Crippen LogP contribution in [0.2, 0.25) is 0 Å². The lowest BCUT2D eigenvalue weighted by Gasteiger charge is -2.15. The van der Waals surface area contributed by atoms with Gasteiger partial charge in [0.15, 0.2) is 17.5 Å². The average Bonchev–Trinajstić information content (AvgIpc) is 3.56. The van der Waals surface area contributed by atoms with Gasteiger partial charge in [-0.2, -0.15) is 0 Å². The van der Waals surface area contributed by atoms with Gasteiger partial charge in [-0.15, -0.1) is 0 Å². The van der Waals surface area contributed by atoms with Crippen LogP contribution in [0.4, 0.5) is 0 Å². The van der Waals surface area contributed by atoms with E-state index in [9.17, 15) is 0 Å². The first-order valence-corrected chi connectivity index (χ1v) is 18.7. The van der Waals surface area contributed by atoms with E-state index in [2.05, 4.69) is 168 Å². The molecule has 0 bridgehead atoms. The van der Waals surface area contributed by atoms with Crippen molar-refractivity contribution in [1.82, 2.24) is 19.5 Å². The Labute approximate surface area is 316 Å². The molecule has 1 aliphatic carbocycles. The molecule has 0 atom stereocenters. The summed E-state index contributed by atoms with van der Waals surface area (Å²) in [5.41, 5.74) is 11.4. The number of fused-ring (bicyclic) bond motifs is 6. The molecule has 0 N–H and O–H groups in total. The molecule has 0 amide bonds. The van der Waals surface area contributed by atoms with Crippen LogP contribution in [0.15, 0.2) is 182 Å². The average molecular weight is 699 g/mol. The van der Waals surface area contributed by atoms with Crippen molar-refractivity contribution in [2.24, 2.45) is 0 Å². The van der Waals surface area contributed by atoms with E-state index in [4.69, 9.17) is 15.0 Å². The number of nitrogens with zero attached hydrogens (tertiary/aromatic N) is 4. The van der Waals surface area contributed by atoms with E-state index in [1.165, 1.54) is 71.0 Å². The Morgan fingerprint density at radius 1 is 0.327 bits per heavy atom. The SMILES string of the molecule is c1ccc(-c2nc(-c3ccc(-n4c5ccc6cccc7c6c5c5c(cc6ccccc6c54)-c4ccccc4-7)cc3)nc(-c3ccc4ccccc4c3)n2)cc1. The van der Waals surface area contributed by atoms with Gasteiger partial charge in [0, 0.05) is 38.5 Å². The second-order valence-electron chi connectivity index (χ2n) is 14.4. The summed E-state index contributed by atoms with van der Waals surface area (Å²) < 4.78 is 2.47. The molecule has 0 radical (unpaired) electrons. The molecule has 11 aromatic rings. The number of hydrogen-bond acceptors (Lipinski definition) is 3. The lowest BCUT2D eigenvalue weighted by atomic mass is 9.92. The van der Waals surface area contributed by atoms with Crippen molar-refractivity contribution in [3.8, 4) is 62.1 Å². The standard InChI is InChI=1S/C51H30N4/c1-2-12-33(13-3-1)49-52-50(54-51(53-49)37-22-21-31-11-4-5-14-35(31)29-37)34-23-26-38(27-24-34)55-44-28-25-32-16-10-20-42-40-18-8-9-19-41(40)43-30-36-15-6-7-17-39(36)48(55)46(43)47(44)45(32)42/h1-30H. The van der Waals surface area contributed by atoms with Gasteiger partial charge in [-0.25, -0.2) is 15.0 Å². The second kappa shape index (κ2) is 11.5. The molecule has 1 aliphatic rings. The third-order valence-corrected chi connectivity index (χ3v) is 11.3. The van der Waals surface area contributed by atoms with Gasteiger partial charge >= 0.3 is 0 Å². The van der Waals surface area contributed by atoms with Crippen LogP contribution in [-0.2, 0) is 0 Å². The number of rotatable bonds is 4. The van der Waals surface area contributed by atoms with Crippen LogP contribution in [0.3, 0.4) is 0 Å². The Bertz CT molecular complexity index is 3360. The fourth-order valence-corrected chi connectivity index (χ4v) is 8.84. The highest BCUT2D eigenvalue weighted by Gasteiger charge is 2.26. The molecule has 12 rings (SSSR count). The molecule has 0 saturated heterocycles. The Hall–Kier alpha value is -7.43. The second-order valence-corrected chi connectivity index (χ2v) is 14.4. The molecule has 55 heavy (non-hydrogen) atoms. The third kappa shape index (κ3) is 4.49. The molecule has 0 aliphatic heterocycles. The molecule has 0 saturated carbocycles. The van der Waals surface area contributed by atoms with Gasteiger partial charge in [-0.05, 0) is 91.6 Å². The Morgan fingerprint density at radius 2 is 0.909 bits per heavy atom. The van der Waals surface area contributed by atoms with Crippen molar-refractivity contribution < 1.29 is 0 Å². The number of aromatic nitrogens is 4. The van der Waals surface area contributed by atoms with E-state index < -0.39 is 0 Å². The largest absolute Gasteiger partial charge is 0.309 e. The molecular weight excluding hydrogens is 669 g/mol. The maximum absolute atomic E-state index is 5.09. The zero-order chi connectivity index (χ0) is 36.0. The molecule has 9 aromatic carbocycles. The van der Waals surface area contributed by atoms with Crippen molar-refractivity contribution in [3.05, 3.63) is 182 Å². The number of benzene rings is 9. The van der Waals surface area contributed by atoms with Crippen LogP contribution < -0.4 is 0 Å². The summed E-state index contributed by atoms with van der Waals surface area (Å²) in [6.07, 6.45) is 0. The Morgan fingerprint density at radius 3 is 1.71 bits per heavy atom. The maximum atomic E-state index is 5.09. The van der Waals surface area contributed by atoms with E-state index in [1.54, 1.807) is 0 Å². The van der Waals surface area contributed by atoms with Crippen LogP contribution >= 0.6 is 0 Å². The van der Waals surface area contributed by atoms with Gasteiger partial charge in [-0.1, -0.05) is 140 Å². The molecular formula is C51H30N4. The molecule has 0 fully saturated rings. The van der Waals surface area contributed by atoms with Gasteiger partial charge in [0.05, 0.1) is 11.0 Å². The first-order valence-electron chi connectivity index (χ1n) is 18.7. The van der Waals surface area contributed by atoms with Crippen LogP contribution in [0, 0.1) is 0 Å². The first kappa shape index (κ1) is 30.1. The summed E-state index contributed by atoms with van der Waals surface area (Å²) in [5, 5.41) is 9.95. The van der Waals surface area contributed by atoms with Crippen molar-refractivity contribution in [1.29, 1.82) is 0 Å². The van der Waals surface area contributed by atoms with Crippen molar-refractivity contribution in [3.63, 3.8) is 0 Å². The van der Waals surface area contributed by atoms with Gasteiger partial charge < -0.3 is 4.57 Å². The highest BCUT2D eigenvalue weighted by Crippen LogP contribution is 2.51. The quantitative estimate of drug-likeness (QED) is 0.184.